The molecular weight excluding hydrogens is 396 g/mol. The topological polar surface area (TPSA) is 156 Å². The van der Waals surface area contributed by atoms with E-state index in [0.29, 0.717) is 17.9 Å². The molecule has 1 aliphatic heterocycles. The number of hydrogen-bond donors (Lipinski definition) is 1. The van der Waals surface area contributed by atoms with E-state index in [1.165, 1.54) is 6.20 Å². The molecule has 0 fully saturated rings. The lowest BCUT2D eigenvalue weighted by atomic mass is 10.3. The molecule has 2 bridgehead atoms. The van der Waals surface area contributed by atoms with Gasteiger partial charge in [0.25, 0.3) is 0 Å². The first-order valence-electron chi connectivity index (χ1n) is 9.12. The van der Waals surface area contributed by atoms with Gasteiger partial charge in [0.15, 0.2) is 0 Å². The van der Waals surface area contributed by atoms with Crippen molar-refractivity contribution in [2.75, 3.05) is 30.5 Å². The third-order valence-corrected chi connectivity index (χ3v) is 3.97. The predicted molar refractivity (Wildman–Crippen MR) is 105 cm³/mol. The Hall–Kier alpha value is -3.96. The Bertz CT molecular complexity index is 966. The number of anilines is 2. The lowest BCUT2D eigenvalue weighted by Gasteiger charge is -2.22. The van der Waals surface area contributed by atoms with E-state index in [0.717, 1.165) is 4.90 Å². The summed E-state index contributed by atoms with van der Waals surface area (Å²) in [6, 6.07) is 3.17. The van der Waals surface area contributed by atoms with E-state index in [1.807, 2.05) is 12.2 Å². The van der Waals surface area contributed by atoms with Gasteiger partial charge in [0, 0.05) is 6.20 Å². The first-order chi connectivity index (χ1) is 14.5. The number of carbonyl (C=O) groups is 1. The van der Waals surface area contributed by atoms with Gasteiger partial charge in [-0.15, -0.1) is 0 Å². The van der Waals surface area contributed by atoms with Crippen LogP contribution >= 0.6 is 0 Å². The van der Waals surface area contributed by atoms with Crippen molar-refractivity contribution >= 4 is 23.4 Å². The van der Waals surface area contributed by atoms with Crippen LogP contribution in [-0.4, -0.2) is 45.8 Å². The van der Waals surface area contributed by atoms with Gasteiger partial charge in [0.1, 0.15) is 18.1 Å². The molecule has 3 heterocycles. The molecule has 12 nitrogen and oxygen atoms in total. The zero-order valence-corrected chi connectivity index (χ0v) is 16.2. The van der Waals surface area contributed by atoms with Gasteiger partial charge in [-0.05, 0) is 25.5 Å². The second-order valence-corrected chi connectivity index (χ2v) is 5.97. The number of fused-ring (bicyclic) bond motifs is 3. The number of rotatable bonds is 2. The number of nitrogens with two attached hydrogens (primary N) is 1. The summed E-state index contributed by atoms with van der Waals surface area (Å²) < 4.78 is 16.2. The summed E-state index contributed by atoms with van der Waals surface area (Å²) in [5, 5.41) is 11.7. The van der Waals surface area contributed by atoms with E-state index >= 15 is 0 Å². The minimum atomic E-state index is -0.867. The molecule has 0 aliphatic carbocycles. The Balaban J connectivity index is 2.17. The molecule has 0 atom stereocenters. The van der Waals surface area contributed by atoms with E-state index in [9.17, 15) is 14.9 Å². The van der Waals surface area contributed by atoms with Gasteiger partial charge in [-0.2, -0.15) is 9.97 Å². The third kappa shape index (κ3) is 4.71. The average Bonchev–Trinajstić information content (AvgIpc) is 2.71. The lowest BCUT2D eigenvalue weighted by Crippen LogP contribution is -2.33. The van der Waals surface area contributed by atoms with E-state index in [1.54, 1.807) is 19.1 Å². The second kappa shape index (κ2) is 9.49. The smallest absolute Gasteiger partial charge is 0.416 e. The fourth-order valence-electron chi connectivity index (χ4n) is 2.66. The van der Waals surface area contributed by atoms with Crippen LogP contribution in [0.15, 0.2) is 30.5 Å². The maximum atomic E-state index is 12.7. The molecule has 1 aliphatic rings. The molecule has 0 unspecified atom stereocenters. The first kappa shape index (κ1) is 20.8. The Morgan fingerprint density at radius 1 is 1.37 bits per heavy atom. The van der Waals surface area contributed by atoms with Gasteiger partial charge >= 0.3 is 17.8 Å². The highest BCUT2D eigenvalue weighted by atomic mass is 16.6. The monoisotopic (exact) mass is 416 g/mol. The Morgan fingerprint density at radius 3 is 2.97 bits per heavy atom. The summed E-state index contributed by atoms with van der Waals surface area (Å²) in [5.74, 6) is -0.380. The van der Waals surface area contributed by atoms with E-state index in [-0.39, 0.29) is 38.2 Å². The van der Waals surface area contributed by atoms with Crippen LogP contribution in [0.3, 0.4) is 0 Å². The quantitative estimate of drug-likeness (QED) is 0.437. The number of pyridine rings is 1. The van der Waals surface area contributed by atoms with E-state index < -0.39 is 22.5 Å². The highest BCUT2D eigenvalue weighted by Gasteiger charge is 2.33. The molecule has 2 aromatic heterocycles. The SMILES string of the molecule is CCOC(=O)N1Cc2ncccc2OCC=CCCOc2nc(N)c([N+](=O)[O-])c1n2. The molecule has 2 N–H and O–H groups in total. The van der Waals surface area contributed by atoms with Crippen LogP contribution in [0, 0.1) is 10.1 Å². The molecule has 3 rings (SSSR count). The highest BCUT2D eigenvalue weighted by molar-refractivity contribution is 5.90. The van der Waals surface area contributed by atoms with E-state index in [2.05, 4.69) is 15.0 Å². The number of nitrogen functional groups attached to an aromatic ring is 1. The zero-order chi connectivity index (χ0) is 21.5. The number of aromatic nitrogens is 3. The van der Waals surface area contributed by atoms with Crippen LogP contribution in [0.5, 0.6) is 11.8 Å². The standard InChI is InChI=1S/C18H20N6O6/c1-2-28-18(25)23-11-12-13(7-6-8-20-12)29-9-4-3-5-10-30-17-21-15(19)14(24(26)27)16(23)22-17/h3-4,6-8H,2,5,9-11H2,1H3,(H2,19,21,22). The molecule has 1 amide bonds. The van der Waals surface area contributed by atoms with Crippen molar-refractivity contribution in [3.8, 4) is 11.8 Å². The predicted octanol–water partition coefficient (Wildman–Crippen LogP) is 2.24. The molecular formula is C18H20N6O6. The molecule has 30 heavy (non-hydrogen) atoms. The zero-order valence-electron chi connectivity index (χ0n) is 16.2. The Morgan fingerprint density at radius 2 is 2.20 bits per heavy atom. The number of ether oxygens (including phenoxy) is 3. The van der Waals surface area contributed by atoms with E-state index in [4.69, 9.17) is 19.9 Å². The summed E-state index contributed by atoms with van der Waals surface area (Å²) in [6.07, 6.45) is 4.82. The van der Waals surface area contributed by atoms with Gasteiger partial charge in [-0.25, -0.2) is 9.69 Å². The van der Waals surface area contributed by atoms with Gasteiger partial charge in [-0.1, -0.05) is 12.2 Å². The summed E-state index contributed by atoms with van der Waals surface area (Å²) in [7, 11) is 0. The van der Waals surface area contributed by atoms with Gasteiger partial charge in [-0.3, -0.25) is 15.1 Å². The van der Waals surface area contributed by atoms with Crippen molar-refractivity contribution in [3.63, 3.8) is 0 Å². The van der Waals surface area contributed by atoms with Crippen LogP contribution in [0.25, 0.3) is 0 Å². The van der Waals surface area contributed by atoms with Gasteiger partial charge in [0.2, 0.25) is 11.6 Å². The molecule has 0 spiro atoms. The van der Waals surface area contributed by atoms with Gasteiger partial charge < -0.3 is 19.9 Å². The fraction of sp³-hybridized carbons (Fsp3) is 0.333. The fourth-order valence-corrected chi connectivity index (χ4v) is 2.66. The summed E-state index contributed by atoms with van der Waals surface area (Å²) >= 11 is 0. The van der Waals surface area contributed by atoms with Crippen LogP contribution in [0.2, 0.25) is 0 Å². The van der Waals surface area contributed by atoms with Crippen molar-refractivity contribution < 1.29 is 23.9 Å². The number of nitro groups is 1. The summed E-state index contributed by atoms with van der Waals surface area (Å²) in [5.41, 5.74) is 5.51. The molecule has 0 aromatic carbocycles. The van der Waals surface area contributed by atoms with Crippen molar-refractivity contribution in [1.82, 2.24) is 15.0 Å². The number of hydrogen-bond acceptors (Lipinski definition) is 10. The number of nitrogens with zero attached hydrogens (tertiary/aromatic N) is 5. The molecule has 158 valence electrons. The number of carbonyl (C=O) groups excluding carboxylic acids is 1. The minimum Gasteiger partial charge on any atom is -0.488 e. The van der Waals surface area contributed by atoms with Crippen LogP contribution in [0.4, 0.5) is 22.1 Å². The minimum absolute atomic E-state index is 0.0451. The molecule has 0 saturated heterocycles. The Kier molecular flexibility index (Phi) is 6.57. The first-order valence-corrected chi connectivity index (χ1v) is 9.12. The number of amides is 1. The van der Waals surface area contributed by atoms with Crippen LogP contribution in [-0.2, 0) is 11.3 Å². The van der Waals surface area contributed by atoms with Crippen molar-refractivity contribution in [2.45, 2.75) is 19.9 Å². The normalized spacial score (nSPS) is 14.0. The third-order valence-electron chi connectivity index (χ3n) is 3.97. The van der Waals surface area contributed by atoms with Crippen molar-refractivity contribution in [2.24, 2.45) is 0 Å². The largest absolute Gasteiger partial charge is 0.488 e. The second-order valence-electron chi connectivity index (χ2n) is 5.97. The van der Waals surface area contributed by atoms with Crippen LogP contribution in [0.1, 0.15) is 19.0 Å². The maximum absolute atomic E-state index is 12.7. The summed E-state index contributed by atoms with van der Waals surface area (Å²) in [6.45, 7) is 1.91. The van der Waals surface area contributed by atoms with Crippen molar-refractivity contribution in [1.29, 1.82) is 0 Å². The van der Waals surface area contributed by atoms with Crippen molar-refractivity contribution in [3.05, 3.63) is 46.3 Å². The van der Waals surface area contributed by atoms with Crippen LogP contribution < -0.4 is 20.1 Å². The molecule has 0 radical (unpaired) electrons. The average molecular weight is 416 g/mol. The Labute approximate surface area is 171 Å². The molecule has 2 aromatic rings. The highest BCUT2D eigenvalue weighted by Crippen LogP contribution is 2.34. The molecule has 12 heteroatoms. The molecule has 0 saturated carbocycles. The maximum Gasteiger partial charge on any atom is 0.416 e. The van der Waals surface area contributed by atoms with Gasteiger partial charge in [0.05, 0.1) is 24.7 Å². The summed E-state index contributed by atoms with van der Waals surface area (Å²) in [4.78, 5) is 36.7. The lowest BCUT2D eigenvalue weighted by molar-refractivity contribution is -0.383.